The Bertz CT molecular complexity index is 1560. The molecule has 2 aliphatic rings. The van der Waals surface area contributed by atoms with E-state index >= 15 is 0 Å². The summed E-state index contributed by atoms with van der Waals surface area (Å²) in [6.45, 7) is 0. The molecule has 1 aliphatic carbocycles. The molecule has 0 saturated heterocycles. The van der Waals surface area contributed by atoms with E-state index < -0.39 is 0 Å². The van der Waals surface area contributed by atoms with Crippen LogP contribution in [0.2, 0.25) is 0 Å². The average molecular weight is 477 g/mol. The van der Waals surface area contributed by atoms with Crippen LogP contribution in [0.15, 0.2) is 127 Å². The van der Waals surface area contributed by atoms with Crippen molar-refractivity contribution < 1.29 is 0 Å². The topological polar surface area (TPSA) is 29.3 Å². The van der Waals surface area contributed by atoms with Gasteiger partial charge in [-0.3, -0.25) is 0 Å². The van der Waals surface area contributed by atoms with Gasteiger partial charge in [-0.2, -0.15) is 0 Å². The molecular formula is C35H28N2. The van der Waals surface area contributed by atoms with Crippen LogP contribution in [0.5, 0.6) is 0 Å². The van der Waals surface area contributed by atoms with Crippen molar-refractivity contribution in [3.63, 3.8) is 0 Å². The number of rotatable bonds is 4. The first-order valence-electron chi connectivity index (χ1n) is 13.0. The predicted octanol–water partition coefficient (Wildman–Crippen LogP) is 8.39. The Hall–Kier alpha value is -4.56. The third-order valence-corrected chi connectivity index (χ3v) is 7.84. The molecular weight excluding hydrogens is 448 g/mol. The molecule has 37 heavy (non-hydrogen) atoms. The summed E-state index contributed by atoms with van der Waals surface area (Å²) in [5.41, 5.74) is 18.7. The molecule has 1 heterocycles. The van der Waals surface area contributed by atoms with Gasteiger partial charge in [0.25, 0.3) is 0 Å². The van der Waals surface area contributed by atoms with Gasteiger partial charge in [0.05, 0.1) is 6.04 Å². The van der Waals surface area contributed by atoms with Crippen molar-refractivity contribution in [2.24, 2.45) is 0 Å². The van der Waals surface area contributed by atoms with Crippen LogP contribution in [0.3, 0.4) is 0 Å². The highest BCUT2D eigenvalue weighted by atomic mass is 15.2. The molecule has 0 bridgehead atoms. The van der Waals surface area contributed by atoms with E-state index in [2.05, 4.69) is 132 Å². The van der Waals surface area contributed by atoms with Crippen LogP contribution in [0.25, 0.3) is 11.6 Å². The van der Waals surface area contributed by atoms with E-state index in [1.807, 2.05) is 6.07 Å². The van der Waals surface area contributed by atoms with Crippen LogP contribution in [0.4, 0.5) is 17.1 Å². The Morgan fingerprint density at radius 2 is 1.32 bits per heavy atom. The fourth-order valence-corrected chi connectivity index (χ4v) is 6.18. The van der Waals surface area contributed by atoms with Crippen LogP contribution < -0.4 is 10.6 Å². The summed E-state index contributed by atoms with van der Waals surface area (Å²) in [7, 11) is 0. The minimum Gasteiger partial charge on any atom is -0.399 e. The molecule has 178 valence electrons. The summed E-state index contributed by atoms with van der Waals surface area (Å²) in [5.74, 6) is 0.429. The number of nitrogens with two attached hydrogens (primary N) is 1. The summed E-state index contributed by atoms with van der Waals surface area (Å²) < 4.78 is 0. The molecule has 0 fully saturated rings. The molecule has 2 unspecified atom stereocenters. The molecule has 5 aromatic rings. The van der Waals surface area contributed by atoms with E-state index in [4.69, 9.17) is 5.73 Å². The van der Waals surface area contributed by atoms with Crippen LogP contribution in [-0.2, 0) is 6.42 Å². The lowest BCUT2D eigenvalue weighted by atomic mass is 9.95. The minimum atomic E-state index is 0.304. The van der Waals surface area contributed by atoms with Crippen LogP contribution in [0, 0.1) is 0 Å². The number of nitrogen functional groups attached to an aromatic ring is 1. The van der Waals surface area contributed by atoms with Crippen molar-refractivity contribution in [3.8, 4) is 0 Å². The highest BCUT2D eigenvalue weighted by molar-refractivity contribution is 5.91. The monoisotopic (exact) mass is 476 g/mol. The number of hydrogen-bond acceptors (Lipinski definition) is 2. The third-order valence-electron chi connectivity index (χ3n) is 7.84. The molecule has 1 aliphatic heterocycles. The largest absolute Gasteiger partial charge is 0.399 e. The Kier molecular flexibility index (Phi) is 5.18. The van der Waals surface area contributed by atoms with Gasteiger partial charge < -0.3 is 10.6 Å². The zero-order valence-corrected chi connectivity index (χ0v) is 20.6. The van der Waals surface area contributed by atoms with E-state index in [1.165, 1.54) is 50.3 Å². The van der Waals surface area contributed by atoms with E-state index in [9.17, 15) is 0 Å². The Morgan fingerprint density at radius 3 is 2.03 bits per heavy atom. The first-order valence-corrected chi connectivity index (χ1v) is 13.0. The second-order valence-corrected chi connectivity index (χ2v) is 10.0. The first-order chi connectivity index (χ1) is 18.3. The summed E-state index contributed by atoms with van der Waals surface area (Å²) >= 11 is 0. The standard InChI is InChI=1S/C35H28N2/c36-28-17-20-34-32(23-28)33-22-27-13-7-8-14-30(27)35(33)37(34)29-18-15-24(16-19-29)21-31(25-9-3-1-4-10-25)26-11-5-2-6-12-26/h1-21,23,33,35H,22,36H2. The fraction of sp³-hybridized carbons (Fsp3) is 0.0857. The SMILES string of the molecule is Nc1ccc2c(c1)C1Cc3ccccc3C1N2c1ccc(C=C(c2ccccc2)c2ccccc2)cc1. The molecule has 2 heteroatoms. The highest BCUT2D eigenvalue weighted by Crippen LogP contribution is 2.58. The molecule has 0 spiro atoms. The molecule has 0 saturated carbocycles. The summed E-state index contributed by atoms with van der Waals surface area (Å²) in [6.07, 6.45) is 3.35. The maximum atomic E-state index is 6.24. The van der Waals surface area contributed by atoms with Crippen molar-refractivity contribution in [2.45, 2.75) is 18.4 Å². The zero-order chi connectivity index (χ0) is 24.8. The van der Waals surface area contributed by atoms with Crippen molar-refractivity contribution in [1.82, 2.24) is 0 Å². The molecule has 7 rings (SSSR count). The third kappa shape index (κ3) is 3.73. The molecule has 0 radical (unpaired) electrons. The molecule has 5 aromatic carbocycles. The van der Waals surface area contributed by atoms with Gasteiger partial charge in [-0.15, -0.1) is 0 Å². The van der Waals surface area contributed by atoms with Gasteiger partial charge in [-0.1, -0.05) is 97.1 Å². The number of nitrogens with zero attached hydrogens (tertiary/aromatic N) is 1. The number of anilines is 3. The van der Waals surface area contributed by atoms with Gasteiger partial charge in [0.2, 0.25) is 0 Å². The summed E-state index contributed by atoms with van der Waals surface area (Å²) in [4.78, 5) is 2.52. The molecule has 2 N–H and O–H groups in total. The number of hydrogen-bond donors (Lipinski definition) is 1. The summed E-state index contributed by atoms with van der Waals surface area (Å²) in [6, 6.07) is 45.9. The normalized spacial score (nSPS) is 17.1. The van der Waals surface area contributed by atoms with Crippen molar-refractivity contribution in [1.29, 1.82) is 0 Å². The maximum Gasteiger partial charge on any atom is 0.0666 e. The van der Waals surface area contributed by atoms with E-state index in [1.54, 1.807) is 0 Å². The molecule has 0 aromatic heterocycles. The van der Waals surface area contributed by atoms with Crippen molar-refractivity contribution in [3.05, 3.63) is 161 Å². The predicted molar refractivity (Wildman–Crippen MR) is 155 cm³/mol. The minimum absolute atomic E-state index is 0.304. The second kappa shape index (κ2) is 8.83. The van der Waals surface area contributed by atoms with Gasteiger partial charge in [-0.05, 0) is 81.8 Å². The van der Waals surface area contributed by atoms with E-state index in [0.717, 1.165) is 12.1 Å². The summed E-state index contributed by atoms with van der Waals surface area (Å²) in [5, 5.41) is 0. The first kappa shape index (κ1) is 21.7. The Morgan fingerprint density at radius 1 is 0.676 bits per heavy atom. The van der Waals surface area contributed by atoms with Crippen molar-refractivity contribution in [2.75, 3.05) is 10.6 Å². The van der Waals surface area contributed by atoms with Gasteiger partial charge in [-0.25, -0.2) is 0 Å². The Balaban J connectivity index is 1.30. The molecule has 0 amide bonds. The molecule has 2 nitrogen and oxygen atoms in total. The quantitative estimate of drug-likeness (QED) is 0.208. The van der Waals surface area contributed by atoms with Crippen LogP contribution in [0.1, 0.15) is 45.3 Å². The van der Waals surface area contributed by atoms with Gasteiger partial charge >= 0.3 is 0 Å². The van der Waals surface area contributed by atoms with Gasteiger partial charge in [0.1, 0.15) is 0 Å². The number of fused-ring (bicyclic) bond motifs is 5. The lowest BCUT2D eigenvalue weighted by Gasteiger charge is -2.28. The van der Waals surface area contributed by atoms with Gasteiger partial charge in [0.15, 0.2) is 0 Å². The van der Waals surface area contributed by atoms with E-state index in [-0.39, 0.29) is 0 Å². The maximum absolute atomic E-state index is 6.24. The zero-order valence-electron chi connectivity index (χ0n) is 20.6. The lowest BCUT2D eigenvalue weighted by Crippen LogP contribution is -2.19. The number of benzene rings is 5. The van der Waals surface area contributed by atoms with Gasteiger partial charge in [0, 0.05) is 23.0 Å². The molecule has 2 atom stereocenters. The van der Waals surface area contributed by atoms with E-state index in [0.29, 0.717) is 12.0 Å². The van der Waals surface area contributed by atoms with Crippen LogP contribution >= 0.6 is 0 Å². The second-order valence-electron chi connectivity index (χ2n) is 10.0. The Labute approximate surface area is 218 Å². The smallest absolute Gasteiger partial charge is 0.0666 e. The van der Waals surface area contributed by atoms with Crippen LogP contribution in [-0.4, -0.2) is 0 Å². The highest BCUT2D eigenvalue weighted by Gasteiger charge is 2.45. The lowest BCUT2D eigenvalue weighted by molar-refractivity contribution is 0.633. The average Bonchev–Trinajstić information content (AvgIpc) is 3.48. The fourth-order valence-electron chi connectivity index (χ4n) is 6.18. The van der Waals surface area contributed by atoms with Crippen molar-refractivity contribution >= 4 is 28.7 Å².